The van der Waals surface area contributed by atoms with Crippen LogP contribution in [0.15, 0.2) is 0 Å². The Morgan fingerprint density at radius 2 is 2.40 bits per heavy atom. The molecule has 0 atom stereocenters. The summed E-state index contributed by atoms with van der Waals surface area (Å²) in [6.45, 7) is -0.0238. The van der Waals surface area contributed by atoms with Crippen molar-refractivity contribution in [2.24, 2.45) is 0 Å². The Morgan fingerprint density at radius 3 is 2.80 bits per heavy atom. The van der Waals surface area contributed by atoms with Gasteiger partial charge in [0.05, 0.1) is 6.07 Å². The predicted molar refractivity (Wildman–Crippen MR) is 30.7 cm³/mol. The maximum absolute atomic E-state index is 10.6. The molecule has 0 spiro atoms. The summed E-state index contributed by atoms with van der Waals surface area (Å²) < 4.78 is 0. The van der Waals surface area contributed by atoms with E-state index in [1.54, 1.807) is 6.07 Å². The quantitative estimate of drug-likeness (QED) is 0.376. The van der Waals surface area contributed by atoms with Crippen LogP contribution < -0.4 is 5.32 Å². The molecular formula is C5H5N3O2. The van der Waals surface area contributed by atoms with E-state index in [4.69, 9.17) is 5.26 Å². The van der Waals surface area contributed by atoms with Crippen molar-refractivity contribution in [3.8, 4) is 6.07 Å². The van der Waals surface area contributed by atoms with E-state index in [-0.39, 0.29) is 19.0 Å². The maximum atomic E-state index is 10.6. The summed E-state index contributed by atoms with van der Waals surface area (Å²) in [5, 5.41) is 10.2. The highest BCUT2D eigenvalue weighted by atomic mass is 16.2. The molecule has 0 aromatic rings. The fraction of sp³-hybridized carbons (Fsp3) is 0.400. The summed E-state index contributed by atoms with van der Waals surface area (Å²) in [5.41, 5.74) is 0. The number of hydrogen-bond acceptors (Lipinski definition) is 3. The van der Waals surface area contributed by atoms with Crippen molar-refractivity contribution in [1.29, 1.82) is 5.26 Å². The van der Waals surface area contributed by atoms with Gasteiger partial charge in [-0.1, -0.05) is 0 Å². The molecule has 1 aliphatic rings. The monoisotopic (exact) mass is 139 g/mol. The molecule has 0 saturated carbocycles. The van der Waals surface area contributed by atoms with Crippen LogP contribution in [-0.2, 0) is 4.79 Å². The van der Waals surface area contributed by atoms with Crippen LogP contribution in [0.1, 0.15) is 0 Å². The summed E-state index contributed by atoms with van der Waals surface area (Å²) >= 11 is 0. The first-order valence-corrected chi connectivity index (χ1v) is 2.70. The smallest absolute Gasteiger partial charge is 0.302 e. The van der Waals surface area contributed by atoms with Crippen LogP contribution in [0.2, 0.25) is 0 Å². The number of nitrogens with zero attached hydrogens (tertiary/aromatic N) is 2. The van der Waals surface area contributed by atoms with Crippen LogP contribution in [0.25, 0.3) is 0 Å². The molecule has 0 aliphatic carbocycles. The van der Waals surface area contributed by atoms with E-state index in [0.29, 0.717) is 0 Å². The average molecular weight is 139 g/mol. The van der Waals surface area contributed by atoms with Gasteiger partial charge in [0.25, 0.3) is 0 Å². The number of nitriles is 1. The fourth-order valence-electron chi connectivity index (χ4n) is 0.696. The highest BCUT2D eigenvalue weighted by molar-refractivity contribution is 6.01. The van der Waals surface area contributed by atoms with Gasteiger partial charge in [0.2, 0.25) is 5.91 Å². The predicted octanol–water partition coefficient (Wildman–Crippen LogP) is -0.938. The number of urea groups is 1. The molecule has 1 N–H and O–H groups in total. The second-order valence-electron chi connectivity index (χ2n) is 1.87. The lowest BCUT2D eigenvalue weighted by Gasteiger charge is -2.04. The Labute approximate surface area is 57.2 Å². The van der Waals surface area contributed by atoms with Gasteiger partial charge in [-0.2, -0.15) is 5.26 Å². The van der Waals surface area contributed by atoms with E-state index in [2.05, 4.69) is 0 Å². The molecule has 0 bridgehead atoms. The Bertz CT molecular complexity index is 217. The minimum Gasteiger partial charge on any atom is -0.302 e. The van der Waals surface area contributed by atoms with Gasteiger partial charge in [0.1, 0.15) is 13.1 Å². The van der Waals surface area contributed by atoms with Gasteiger partial charge < -0.3 is 4.90 Å². The molecule has 5 nitrogen and oxygen atoms in total. The number of imide groups is 1. The number of carbonyl (C=O) groups is 2. The van der Waals surface area contributed by atoms with Gasteiger partial charge in [-0.3, -0.25) is 10.1 Å². The van der Waals surface area contributed by atoms with Gasteiger partial charge in [0.15, 0.2) is 0 Å². The standard InChI is InChI=1S/C5H5N3O2/c6-1-2-8-3-4(9)7-5(8)10/h2-3H2,(H,7,9,10). The first kappa shape index (κ1) is 6.55. The summed E-state index contributed by atoms with van der Waals surface area (Å²) in [7, 11) is 0. The molecular weight excluding hydrogens is 134 g/mol. The lowest BCUT2D eigenvalue weighted by molar-refractivity contribution is -0.118. The number of carbonyl (C=O) groups excluding carboxylic acids is 2. The van der Waals surface area contributed by atoms with Crippen molar-refractivity contribution >= 4 is 11.9 Å². The minimum absolute atomic E-state index is 0.00634. The Hall–Kier alpha value is -1.57. The normalized spacial score (nSPS) is 16.9. The fourth-order valence-corrected chi connectivity index (χ4v) is 0.696. The number of amides is 3. The maximum Gasteiger partial charge on any atom is 0.325 e. The van der Waals surface area contributed by atoms with E-state index in [1.165, 1.54) is 0 Å². The third-order valence-electron chi connectivity index (χ3n) is 1.13. The zero-order valence-electron chi connectivity index (χ0n) is 5.13. The summed E-state index contributed by atoms with van der Waals surface area (Å²) in [6.07, 6.45) is 0. The van der Waals surface area contributed by atoms with Crippen LogP contribution in [0, 0.1) is 11.3 Å². The van der Waals surface area contributed by atoms with E-state index in [0.717, 1.165) is 4.90 Å². The lowest BCUT2D eigenvalue weighted by Crippen LogP contribution is -2.28. The first-order chi connectivity index (χ1) is 4.74. The van der Waals surface area contributed by atoms with E-state index >= 15 is 0 Å². The number of rotatable bonds is 1. The van der Waals surface area contributed by atoms with Crippen LogP contribution in [0.4, 0.5) is 4.79 Å². The van der Waals surface area contributed by atoms with Crippen molar-refractivity contribution in [2.75, 3.05) is 13.1 Å². The van der Waals surface area contributed by atoms with Crippen molar-refractivity contribution in [1.82, 2.24) is 10.2 Å². The zero-order valence-corrected chi connectivity index (χ0v) is 5.13. The number of nitrogens with one attached hydrogen (secondary N) is 1. The average Bonchev–Trinajstić information content (AvgIpc) is 2.13. The van der Waals surface area contributed by atoms with Crippen LogP contribution >= 0.6 is 0 Å². The molecule has 5 heteroatoms. The molecule has 1 fully saturated rings. The second-order valence-corrected chi connectivity index (χ2v) is 1.87. The molecule has 52 valence electrons. The molecule has 1 rings (SSSR count). The van der Waals surface area contributed by atoms with Gasteiger partial charge >= 0.3 is 6.03 Å². The SMILES string of the molecule is N#CCN1CC(=O)NC1=O. The van der Waals surface area contributed by atoms with Gasteiger partial charge in [-0.05, 0) is 0 Å². The molecule has 3 amide bonds. The Morgan fingerprint density at radius 1 is 1.70 bits per heavy atom. The van der Waals surface area contributed by atoms with Gasteiger partial charge in [-0.15, -0.1) is 0 Å². The van der Waals surface area contributed by atoms with Crippen LogP contribution in [0.3, 0.4) is 0 Å². The molecule has 0 aromatic carbocycles. The lowest BCUT2D eigenvalue weighted by atomic mass is 10.5. The van der Waals surface area contributed by atoms with Crippen molar-refractivity contribution in [3.63, 3.8) is 0 Å². The zero-order chi connectivity index (χ0) is 7.56. The highest BCUT2D eigenvalue weighted by Gasteiger charge is 2.25. The van der Waals surface area contributed by atoms with Crippen molar-refractivity contribution < 1.29 is 9.59 Å². The Kier molecular flexibility index (Phi) is 1.54. The minimum atomic E-state index is -0.480. The molecule has 0 aromatic heterocycles. The third-order valence-corrected chi connectivity index (χ3v) is 1.13. The van der Waals surface area contributed by atoms with E-state index in [1.807, 2.05) is 5.32 Å². The highest BCUT2D eigenvalue weighted by Crippen LogP contribution is 1.95. The van der Waals surface area contributed by atoms with Gasteiger partial charge in [0, 0.05) is 0 Å². The second kappa shape index (κ2) is 2.35. The molecule has 1 heterocycles. The summed E-state index contributed by atoms with van der Waals surface area (Å²) in [5.74, 6) is -0.347. The molecule has 1 aliphatic heterocycles. The molecule has 10 heavy (non-hydrogen) atoms. The number of hydrogen-bond donors (Lipinski definition) is 1. The third kappa shape index (κ3) is 1.05. The largest absolute Gasteiger partial charge is 0.325 e. The molecule has 0 radical (unpaired) electrons. The Balaban J connectivity index is 2.56. The summed E-state index contributed by atoms with van der Waals surface area (Å²) in [6, 6.07) is 1.29. The van der Waals surface area contributed by atoms with E-state index in [9.17, 15) is 9.59 Å². The molecule has 0 unspecified atom stereocenters. The van der Waals surface area contributed by atoms with Crippen LogP contribution in [-0.4, -0.2) is 29.9 Å². The van der Waals surface area contributed by atoms with Crippen LogP contribution in [0.5, 0.6) is 0 Å². The topological polar surface area (TPSA) is 73.2 Å². The molecule has 1 saturated heterocycles. The van der Waals surface area contributed by atoms with Gasteiger partial charge in [-0.25, -0.2) is 4.79 Å². The van der Waals surface area contributed by atoms with E-state index < -0.39 is 6.03 Å². The summed E-state index contributed by atoms with van der Waals surface area (Å²) in [4.78, 5) is 22.2. The first-order valence-electron chi connectivity index (χ1n) is 2.70. The van der Waals surface area contributed by atoms with Crippen molar-refractivity contribution in [2.45, 2.75) is 0 Å². The van der Waals surface area contributed by atoms with Crippen molar-refractivity contribution in [3.05, 3.63) is 0 Å².